The molecule has 0 radical (unpaired) electrons. The van der Waals surface area contributed by atoms with Crippen LogP contribution in [0.1, 0.15) is 41.1 Å². The molecular formula is C22H25N5. The number of hydrogen-bond donors (Lipinski definition) is 1. The lowest BCUT2D eigenvalue weighted by molar-refractivity contribution is 0.454. The summed E-state index contributed by atoms with van der Waals surface area (Å²) in [6, 6.07) is 8.19. The maximum atomic E-state index is 4.99. The highest BCUT2D eigenvalue weighted by Crippen LogP contribution is 2.36. The second-order valence-electron chi connectivity index (χ2n) is 7.31. The molecule has 1 aliphatic rings. The van der Waals surface area contributed by atoms with E-state index in [1.807, 2.05) is 18.3 Å². The summed E-state index contributed by atoms with van der Waals surface area (Å²) in [7, 11) is 0. The van der Waals surface area contributed by atoms with Gasteiger partial charge in [0.25, 0.3) is 0 Å². The van der Waals surface area contributed by atoms with Gasteiger partial charge < -0.3 is 5.32 Å². The van der Waals surface area contributed by atoms with Gasteiger partial charge in [-0.05, 0) is 81.1 Å². The van der Waals surface area contributed by atoms with Crippen molar-refractivity contribution < 1.29 is 0 Å². The minimum Gasteiger partial charge on any atom is -0.317 e. The van der Waals surface area contributed by atoms with Crippen LogP contribution in [0.4, 0.5) is 0 Å². The highest BCUT2D eigenvalue weighted by atomic mass is 15.1. The van der Waals surface area contributed by atoms with Crippen molar-refractivity contribution in [2.45, 2.75) is 39.5 Å². The zero-order chi connectivity index (χ0) is 18.8. The Morgan fingerprint density at radius 1 is 0.963 bits per heavy atom. The number of benzene rings is 1. The van der Waals surface area contributed by atoms with E-state index in [1.54, 1.807) is 6.20 Å². The first-order valence-electron chi connectivity index (χ1n) is 9.58. The van der Waals surface area contributed by atoms with Crippen LogP contribution in [0, 0.1) is 20.8 Å². The molecule has 5 nitrogen and oxygen atoms in total. The Balaban J connectivity index is 1.87. The van der Waals surface area contributed by atoms with E-state index in [2.05, 4.69) is 53.4 Å². The van der Waals surface area contributed by atoms with Crippen LogP contribution < -0.4 is 5.32 Å². The normalized spacial score (nSPS) is 15.1. The fourth-order valence-corrected chi connectivity index (χ4v) is 3.80. The number of aromatic nitrogens is 4. The lowest BCUT2D eigenvalue weighted by Gasteiger charge is -2.25. The molecule has 1 aromatic carbocycles. The average Bonchev–Trinajstić information content (AvgIpc) is 2.73. The SMILES string of the molecule is Cc1ccc(-c2cnc(-c3cccnn3)nc2C2CCNCC2)c(C)c1C. The lowest BCUT2D eigenvalue weighted by Crippen LogP contribution is -2.27. The molecule has 0 aliphatic carbocycles. The molecule has 5 heteroatoms. The molecule has 3 aromatic rings. The van der Waals surface area contributed by atoms with Crippen molar-refractivity contribution in [3.8, 4) is 22.6 Å². The highest BCUT2D eigenvalue weighted by molar-refractivity contribution is 5.72. The van der Waals surface area contributed by atoms with Gasteiger partial charge in [-0.15, -0.1) is 5.10 Å². The Morgan fingerprint density at radius 2 is 1.78 bits per heavy atom. The molecule has 1 N–H and O–H groups in total. The van der Waals surface area contributed by atoms with Crippen molar-refractivity contribution in [3.05, 3.63) is 59.0 Å². The molecule has 138 valence electrons. The third-order valence-electron chi connectivity index (χ3n) is 5.69. The molecule has 1 saturated heterocycles. The molecule has 0 bridgehead atoms. The number of nitrogens with zero attached hydrogens (tertiary/aromatic N) is 4. The number of rotatable bonds is 3. The Bertz CT molecular complexity index is 946. The van der Waals surface area contributed by atoms with Gasteiger partial charge in [-0.25, -0.2) is 9.97 Å². The zero-order valence-corrected chi connectivity index (χ0v) is 16.2. The number of nitrogens with one attached hydrogen (secondary N) is 1. The summed E-state index contributed by atoms with van der Waals surface area (Å²) >= 11 is 0. The largest absolute Gasteiger partial charge is 0.317 e. The van der Waals surface area contributed by atoms with Crippen molar-refractivity contribution in [2.75, 3.05) is 13.1 Å². The summed E-state index contributed by atoms with van der Waals surface area (Å²) in [6.45, 7) is 8.60. The molecule has 0 unspecified atom stereocenters. The van der Waals surface area contributed by atoms with Gasteiger partial charge in [0.2, 0.25) is 0 Å². The summed E-state index contributed by atoms with van der Waals surface area (Å²) in [6.07, 6.45) is 5.83. The molecule has 0 spiro atoms. The number of aryl methyl sites for hydroxylation is 1. The number of piperidine rings is 1. The molecule has 0 atom stereocenters. The van der Waals surface area contributed by atoms with E-state index in [9.17, 15) is 0 Å². The Hall–Kier alpha value is -2.66. The van der Waals surface area contributed by atoms with Crippen LogP contribution in [-0.2, 0) is 0 Å². The minimum atomic E-state index is 0.431. The van der Waals surface area contributed by atoms with E-state index in [0.29, 0.717) is 11.7 Å². The van der Waals surface area contributed by atoms with E-state index in [4.69, 9.17) is 4.98 Å². The third-order valence-corrected chi connectivity index (χ3v) is 5.69. The van der Waals surface area contributed by atoms with Gasteiger partial charge in [0.05, 0.1) is 5.69 Å². The van der Waals surface area contributed by atoms with Gasteiger partial charge in [-0.3, -0.25) is 0 Å². The Kier molecular flexibility index (Phi) is 4.94. The molecule has 27 heavy (non-hydrogen) atoms. The van der Waals surface area contributed by atoms with Crippen molar-refractivity contribution in [2.24, 2.45) is 0 Å². The smallest absolute Gasteiger partial charge is 0.180 e. The molecule has 1 aliphatic heterocycles. The molecule has 4 rings (SSSR count). The van der Waals surface area contributed by atoms with Crippen LogP contribution in [0.5, 0.6) is 0 Å². The van der Waals surface area contributed by atoms with Crippen LogP contribution >= 0.6 is 0 Å². The average molecular weight is 359 g/mol. The quantitative estimate of drug-likeness (QED) is 0.766. The summed E-state index contributed by atoms with van der Waals surface area (Å²) in [5, 5.41) is 11.6. The first-order valence-corrected chi connectivity index (χ1v) is 9.58. The van der Waals surface area contributed by atoms with Crippen LogP contribution in [0.25, 0.3) is 22.6 Å². The van der Waals surface area contributed by atoms with Crippen LogP contribution in [0.2, 0.25) is 0 Å². The predicted octanol–water partition coefficient (Wildman–Crippen LogP) is 3.99. The van der Waals surface area contributed by atoms with Gasteiger partial charge in [0, 0.05) is 23.9 Å². The van der Waals surface area contributed by atoms with E-state index >= 15 is 0 Å². The molecule has 0 amide bonds. The van der Waals surface area contributed by atoms with Gasteiger partial charge in [0.15, 0.2) is 5.82 Å². The fraction of sp³-hybridized carbons (Fsp3) is 0.364. The van der Waals surface area contributed by atoms with Crippen molar-refractivity contribution in [1.29, 1.82) is 0 Å². The van der Waals surface area contributed by atoms with Crippen LogP contribution in [-0.4, -0.2) is 33.3 Å². The minimum absolute atomic E-state index is 0.431. The summed E-state index contributed by atoms with van der Waals surface area (Å²) in [5.41, 5.74) is 8.20. The maximum absolute atomic E-state index is 4.99. The standard InChI is InChI=1S/C22H25N5/c1-14-6-7-18(16(3)15(14)2)19-13-24-22(20-5-4-10-25-27-20)26-21(19)17-8-11-23-12-9-17/h4-7,10,13,17,23H,8-9,11-12H2,1-3H3. The summed E-state index contributed by atoms with van der Waals surface area (Å²) < 4.78 is 0. The predicted molar refractivity (Wildman–Crippen MR) is 108 cm³/mol. The van der Waals surface area contributed by atoms with Gasteiger partial charge >= 0.3 is 0 Å². The van der Waals surface area contributed by atoms with E-state index in [-0.39, 0.29) is 0 Å². The van der Waals surface area contributed by atoms with Crippen molar-refractivity contribution >= 4 is 0 Å². The second-order valence-corrected chi connectivity index (χ2v) is 7.31. The highest BCUT2D eigenvalue weighted by Gasteiger charge is 2.23. The third kappa shape index (κ3) is 3.47. The molecular weight excluding hydrogens is 334 g/mol. The maximum Gasteiger partial charge on any atom is 0.180 e. The molecule has 2 aromatic heterocycles. The van der Waals surface area contributed by atoms with E-state index in [0.717, 1.165) is 42.9 Å². The fourth-order valence-electron chi connectivity index (χ4n) is 3.80. The van der Waals surface area contributed by atoms with Crippen LogP contribution in [0.15, 0.2) is 36.7 Å². The molecule has 1 fully saturated rings. The molecule has 3 heterocycles. The first kappa shape index (κ1) is 17.7. The topological polar surface area (TPSA) is 63.6 Å². The van der Waals surface area contributed by atoms with Gasteiger partial charge in [-0.2, -0.15) is 5.10 Å². The summed E-state index contributed by atoms with van der Waals surface area (Å²) in [4.78, 5) is 9.64. The zero-order valence-electron chi connectivity index (χ0n) is 16.2. The van der Waals surface area contributed by atoms with Crippen LogP contribution in [0.3, 0.4) is 0 Å². The summed E-state index contributed by atoms with van der Waals surface area (Å²) in [5.74, 6) is 1.09. The Labute approximate surface area is 160 Å². The van der Waals surface area contributed by atoms with Gasteiger partial charge in [-0.1, -0.05) is 12.1 Å². The van der Waals surface area contributed by atoms with Crippen molar-refractivity contribution in [1.82, 2.24) is 25.5 Å². The van der Waals surface area contributed by atoms with Crippen molar-refractivity contribution in [3.63, 3.8) is 0 Å². The van der Waals surface area contributed by atoms with E-state index < -0.39 is 0 Å². The number of hydrogen-bond acceptors (Lipinski definition) is 5. The first-order chi connectivity index (χ1) is 13.1. The molecule has 0 saturated carbocycles. The Morgan fingerprint density at radius 3 is 2.52 bits per heavy atom. The monoisotopic (exact) mass is 359 g/mol. The van der Waals surface area contributed by atoms with Gasteiger partial charge in [0.1, 0.15) is 5.69 Å². The van der Waals surface area contributed by atoms with E-state index in [1.165, 1.54) is 22.3 Å². The lowest BCUT2D eigenvalue weighted by atomic mass is 9.87. The second kappa shape index (κ2) is 7.53.